The fraction of sp³-hybridized carbons (Fsp3) is 0.375. The number of nitrogens with zero attached hydrogens (tertiary/aromatic N) is 1. The molecule has 0 bridgehead atoms. The summed E-state index contributed by atoms with van der Waals surface area (Å²) in [6.45, 7) is 1.07. The van der Waals surface area contributed by atoms with E-state index < -0.39 is 5.97 Å². The highest BCUT2D eigenvalue weighted by molar-refractivity contribution is 6.08. The van der Waals surface area contributed by atoms with E-state index in [2.05, 4.69) is 10.6 Å². The molecule has 0 spiro atoms. The summed E-state index contributed by atoms with van der Waals surface area (Å²) in [5, 5.41) is 15.4. The van der Waals surface area contributed by atoms with Gasteiger partial charge in [-0.1, -0.05) is 0 Å². The summed E-state index contributed by atoms with van der Waals surface area (Å²) in [6, 6.07) is 5.79. The van der Waals surface area contributed by atoms with Gasteiger partial charge in [0, 0.05) is 24.5 Å². The van der Waals surface area contributed by atoms with Crippen LogP contribution in [0.1, 0.15) is 5.56 Å². The largest absolute Gasteiger partial charge is 0.466 e. The molecule has 2 aliphatic heterocycles. The van der Waals surface area contributed by atoms with Crippen LogP contribution in [-0.2, 0) is 20.7 Å². The quantitative estimate of drug-likeness (QED) is 0.678. The molecule has 7 heteroatoms. The number of carbonyl (C=O) groups excluding carboxylic acids is 2. The number of rotatable bonds is 5. The Kier molecular flexibility index (Phi) is 4.20. The van der Waals surface area contributed by atoms with Crippen molar-refractivity contribution in [2.45, 2.75) is 6.42 Å². The summed E-state index contributed by atoms with van der Waals surface area (Å²) in [5.74, 6) is -0.845. The topological polar surface area (TPSA) is 90.9 Å². The molecule has 3 N–H and O–H groups in total. The zero-order valence-corrected chi connectivity index (χ0v) is 12.9. The van der Waals surface area contributed by atoms with Gasteiger partial charge < -0.3 is 25.4 Å². The minimum Gasteiger partial charge on any atom is -0.466 e. The highest BCUT2D eigenvalue weighted by Crippen LogP contribution is 2.28. The third-order valence-electron chi connectivity index (χ3n) is 4.04. The summed E-state index contributed by atoms with van der Waals surface area (Å²) in [5.41, 5.74) is 3.52. The lowest BCUT2D eigenvalue weighted by Gasteiger charge is -2.15. The van der Waals surface area contributed by atoms with Crippen molar-refractivity contribution >= 4 is 23.3 Å². The molecule has 7 nitrogen and oxygen atoms in total. The first-order valence-electron chi connectivity index (χ1n) is 7.49. The van der Waals surface area contributed by atoms with E-state index in [1.54, 1.807) is 0 Å². The lowest BCUT2D eigenvalue weighted by Crippen LogP contribution is -2.31. The maximum absolute atomic E-state index is 12.4. The van der Waals surface area contributed by atoms with Crippen LogP contribution in [0, 0.1) is 0 Å². The number of amides is 1. The molecular formula is C16H19N3O4. The Balaban J connectivity index is 1.88. The van der Waals surface area contributed by atoms with E-state index in [0.717, 1.165) is 24.3 Å². The van der Waals surface area contributed by atoms with Gasteiger partial charge in [0.05, 0.1) is 25.8 Å². The van der Waals surface area contributed by atoms with Crippen molar-refractivity contribution in [3.05, 3.63) is 35.0 Å². The average molecular weight is 317 g/mol. The Morgan fingerprint density at radius 1 is 1.48 bits per heavy atom. The molecule has 0 fully saturated rings. The van der Waals surface area contributed by atoms with Crippen molar-refractivity contribution < 1.29 is 19.4 Å². The Labute approximate surface area is 133 Å². The number of aliphatic hydroxyl groups excluding tert-OH is 1. The molecular weight excluding hydrogens is 298 g/mol. The molecule has 2 heterocycles. The van der Waals surface area contributed by atoms with E-state index in [0.29, 0.717) is 0 Å². The molecule has 3 rings (SSSR count). The number of hydrogen-bond acceptors (Lipinski definition) is 6. The van der Waals surface area contributed by atoms with E-state index in [1.165, 1.54) is 17.6 Å². The predicted octanol–water partition coefficient (Wildman–Crippen LogP) is 0.328. The van der Waals surface area contributed by atoms with Crippen LogP contribution >= 0.6 is 0 Å². The van der Waals surface area contributed by atoms with Crippen LogP contribution in [0.3, 0.4) is 0 Å². The van der Waals surface area contributed by atoms with Gasteiger partial charge in [-0.2, -0.15) is 0 Å². The number of ether oxygens (including phenoxy) is 1. The number of β-amino-alcohol motifs (C(OH)–C–C–N with tert-alkyl or cyclic N) is 1. The van der Waals surface area contributed by atoms with Gasteiger partial charge in [0.25, 0.3) is 5.91 Å². The zero-order chi connectivity index (χ0) is 16.4. The molecule has 1 aromatic carbocycles. The number of benzene rings is 1. The van der Waals surface area contributed by atoms with Crippen LogP contribution in [-0.4, -0.2) is 55.2 Å². The molecule has 23 heavy (non-hydrogen) atoms. The molecule has 1 amide bonds. The second kappa shape index (κ2) is 6.29. The standard InChI is InChI=1S/C16H19N3O4/c1-23-16(22)12-9-19(6-7-20)15(21)14(12)18-11-2-3-13-10(8-11)4-5-17-13/h2-3,8,17-18,20H,4-7,9H2,1H3. The van der Waals surface area contributed by atoms with E-state index in [-0.39, 0.29) is 36.9 Å². The molecule has 0 unspecified atom stereocenters. The van der Waals surface area contributed by atoms with Crippen molar-refractivity contribution in [3.63, 3.8) is 0 Å². The van der Waals surface area contributed by atoms with Gasteiger partial charge in [-0.25, -0.2) is 4.79 Å². The van der Waals surface area contributed by atoms with Crippen LogP contribution in [0.25, 0.3) is 0 Å². The second-order valence-corrected chi connectivity index (χ2v) is 5.47. The predicted molar refractivity (Wildman–Crippen MR) is 85.0 cm³/mol. The van der Waals surface area contributed by atoms with Crippen molar-refractivity contribution in [3.8, 4) is 0 Å². The Morgan fingerprint density at radius 3 is 3.04 bits per heavy atom. The minimum atomic E-state index is -0.538. The number of aliphatic hydroxyl groups is 1. The molecule has 0 saturated heterocycles. The molecule has 0 atom stereocenters. The van der Waals surface area contributed by atoms with Gasteiger partial charge in [-0.3, -0.25) is 4.79 Å². The van der Waals surface area contributed by atoms with Gasteiger partial charge in [-0.05, 0) is 30.2 Å². The van der Waals surface area contributed by atoms with Crippen molar-refractivity contribution in [1.29, 1.82) is 0 Å². The van der Waals surface area contributed by atoms with Crippen LogP contribution in [0.5, 0.6) is 0 Å². The van der Waals surface area contributed by atoms with Crippen LogP contribution < -0.4 is 10.6 Å². The van der Waals surface area contributed by atoms with Crippen molar-refractivity contribution in [1.82, 2.24) is 4.90 Å². The Hall–Kier alpha value is -2.54. The highest BCUT2D eigenvalue weighted by atomic mass is 16.5. The van der Waals surface area contributed by atoms with Gasteiger partial charge in [0.2, 0.25) is 0 Å². The van der Waals surface area contributed by atoms with E-state index in [4.69, 9.17) is 9.84 Å². The number of nitrogens with one attached hydrogen (secondary N) is 2. The lowest BCUT2D eigenvalue weighted by molar-refractivity contribution is -0.136. The third kappa shape index (κ3) is 2.87. The first-order valence-corrected chi connectivity index (χ1v) is 7.49. The van der Waals surface area contributed by atoms with E-state index in [1.807, 2.05) is 18.2 Å². The fourth-order valence-electron chi connectivity index (χ4n) is 2.88. The van der Waals surface area contributed by atoms with Gasteiger partial charge in [-0.15, -0.1) is 0 Å². The monoisotopic (exact) mass is 317 g/mol. The van der Waals surface area contributed by atoms with Crippen LogP contribution in [0.2, 0.25) is 0 Å². The number of anilines is 2. The van der Waals surface area contributed by atoms with Gasteiger partial charge in [0.1, 0.15) is 5.70 Å². The van der Waals surface area contributed by atoms with Crippen molar-refractivity contribution in [2.24, 2.45) is 0 Å². The maximum atomic E-state index is 12.4. The van der Waals surface area contributed by atoms with Gasteiger partial charge in [0.15, 0.2) is 0 Å². The normalized spacial score (nSPS) is 16.4. The summed E-state index contributed by atoms with van der Waals surface area (Å²) in [6.07, 6.45) is 0.929. The number of carbonyl (C=O) groups is 2. The highest BCUT2D eigenvalue weighted by Gasteiger charge is 2.34. The molecule has 0 aliphatic carbocycles. The molecule has 122 valence electrons. The summed E-state index contributed by atoms with van der Waals surface area (Å²) < 4.78 is 4.76. The van der Waals surface area contributed by atoms with Gasteiger partial charge >= 0.3 is 5.97 Å². The molecule has 0 radical (unpaired) electrons. The maximum Gasteiger partial charge on any atom is 0.337 e. The second-order valence-electron chi connectivity index (χ2n) is 5.47. The SMILES string of the molecule is COC(=O)C1=C(Nc2ccc3c(c2)CCN3)C(=O)N(CCO)C1. The third-order valence-corrected chi connectivity index (χ3v) is 4.04. The fourth-order valence-corrected chi connectivity index (χ4v) is 2.88. The number of fused-ring (bicyclic) bond motifs is 1. The number of hydrogen-bond donors (Lipinski definition) is 3. The van der Waals surface area contributed by atoms with E-state index in [9.17, 15) is 9.59 Å². The Morgan fingerprint density at radius 2 is 2.30 bits per heavy atom. The number of esters is 1. The summed E-state index contributed by atoms with van der Waals surface area (Å²) >= 11 is 0. The molecule has 0 aromatic heterocycles. The molecule has 2 aliphatic rings. The summed E-state index contributed by atoms with van der Waals surface area (Å²) in [7, 11) is 1.28. The first kappa shape index (κ1) is 15.4. The first-order chi connectivity index (χ1) is 11.1. The lowest BCUT2D eigenvalue weighted by atomic mass is 10.1. The molecule has 1 aromatic rings. The zero-order valence-electron chi connectivity index (χ0n) is 12.9. The number of methoxy groups -OCH3 is 1. The summed E-state index contributed by atoms with van der Waals surface area (Å²) in [4.78, 5) is 25.8. The van der Waals surface area contributed by atoms with Crippen LogP contribution in [0.15, 0.2) is 29.5 Å². The Bertz CT molecular complexity index is 684. The minimum absolute atomic E-state index is 0.140. The van der Waals surface area contributed by atoms with Crippen molar-refractivity contribution in [2.75, 3.05) is 44.0 Å². The van der Waals surface area contributed by atoms with Crippen LogP contribution in [0.4, 0.5) is 11.4 Å². The van der Waals surface area contributed by atoms with E-state index >= 15 is 0 Å². The average Bonchev–Trinajstić information content (AvgIpc) is 3.13. The molecule has 0 saturated carbocycles. The smallest absolute Gasteiger partial charge is 0.337 e.